The van der Waals surface area contributed by atoms with Gasteiger partial charge in [0, 0.05) is 22.7 Å². The second kappa shape index (κ2) is 9.31. The third-order valence-electron chi connectivity index (χ3n) is 5.36. The van der Waals surface area contributed by atoms with Gasteiger partial charge >= 0.3 is 6.18 Å². The molecule has 1 aliphatic heterocycles. The van der Waals surface area contributed by atoms with Gasteiger partial charge in [-0.15, -0.1) is 0 Å². The Morgan fingerprint density at radius 2 is 1.89 bits per heavy atom. The van der Waals surface area contributed by atoms with Crippen LogP contribution in [-0.4, -0.2) is 23.5 Å². The summed E-state index contributed by atoms with van der Waals surface area (Å²) in [5.74, 6) is 0.149. The average Bonchev–Trinajstić information content (AvgIpc) is 3.25. The zero-order valence-corrected chi connectivity index (χ0v) is 18.8. The monoisotopic (exact) mass is 498 g/mol. The molecule has 178 valence electrons. The molecule has 1 aromatic heterocycles. The summed E-state index contributed by atoms with van der Waals surface area (Å²) in [6.45, 7) is 1.31. The molecular weight excluding hydrogens is 483 g/mol. The Hall–Kier alpha value is -4.04. The van der Waals surface area contributed by atoms with Crippen molar-refractivity contribution in [3.63, 3.8) is 0 Å². The van der Waals surface area contributed by atoms with E-state index >= 15 is 0 Å². The molecule has 0 radical (unpaired) electrons. The molecule has 0 saturated carbocycles. The number of hydrogen-bond donors (Lipinski definition) is 1. The molecule has 2 heterocycles. The highest BCUT2D eigenvalue weighted by Gasteiger charge is 2.37. The highest BCUT2D eigenvalue weighted by molar-refractivity contribution is 7.77. The Balaban J connectivity index is 1.92. The van der Waals surface area contributed by atoms with E-state index in [2.05, 4.69) is 20.9 Å². The normalized spacial score (nSPS) is 16.4. The lowest BCUT2D eigenvalue weighted by molar-refractivity contribution is -0.137. The van der Waals surface area contributed by atoms with Crippen molar-refractivity contribution in [2.45, 2.75) is 25.7 Å². The predicted octanol–water partition coefficient (Wildman–Crippen LogP) is 3.59. The maximum absolute atomic E-state index is 13.4. The van der Waals surface area contributed by atoms with Crippen molar-refractivity contribution in [2.75, 3.05) is 4.90 Å². The topological polar surface area (TPSA) is 134 Å². The standard InChI is InChI=1S/C22H16F3N7O2S/c1-13-18(11-27)20(15-7-5-14(10-26)6-8-15)32-21(29-19(30-32)12-28-35(33)34)31(13)17-4-2-3-16(9-17)22(23,24)25/h2-9,20,28H,12H2,1H3,(H,33,34)/p-1/t20-/m1/s1. The van der Waals surface area contributed by atoms with E-state index in [1.54, 1.807) is 31.2 Å². The minimum atomic E-state index is -4.59. The molecule has 1 aliphatic rings. The molecule has 35 heavy (non-hydrogen) atoms. The molecular formula is C22H15F3N7O2S-. The summed E-state index contributed by atoms with van der Waals surface area (Å²) in [7, 11) is 0. The van der Waals surface area contributed by atoms with E-state index in [0.717, 1.165) is 12.1 Å². The Kier molecular flexibility index (Phi) is 6.41. The molecule has 1 N–H and O–H groups in total. The maximum Gasteiger partial charge on any atom is 0.416 e. The Bertz CT molecular complexity index is 1420. The molecule has 0 fully saturated rings. The van der Waals surface area contributed by atoms with Gasteiger partial charge in [0.05, 0.1) is 35.4 Å². The highest BCUT2D eigenvalue weighted by Crippen LogP contribution is 2.43. The summed E-state index contributed by atoms with van der Waals surface area (Å²) in [6, 6.07) is 14.3. The van der Waals surface area contributed by atoms with E-state index in [1.807, 2.05) is 6.07 Å². The van der Waals surface area contributed by atoms with Crippen molar-refractivity contribution in [3.05, 3.63) is 82.3 Å². The fourth-order valence-electron chi connectivity index (χ4n) is 3.79. The van der Waals surface area contributed by atoms with E-state index in [4.69, 9.17) is 5.26 Å². The van der Waals surface area contributed by atoms with E-state index in [1.165, 1.54) is 21.7 Å². The first-order valence-corrected chi connectivity index (χ1v) is 11.1. The van der Waals surface area contributed by atoms with Crippen LogP contribution in [0.4, 0.5) is 24.8 Å². The van der Waals surface area contributed by atoms with E-state index in [9.17, 15) is 27.2 Å². The lowest BCUT2D eigenvalue weighted by Crippen LogP contribution is -2.31. The van der Waals surface area contributed by atoms with Gasteiger partial charge in [0.15, 0.2) is 5.82 Å². The molecule has 9 nitrogen and oxygen atoms in total. The molecule has 2 atom stereocenters. The second-order valence-corrected chi connectivity index (χ2v) is 8.22. The van der Waals surface area contributed by atoms with Gasteiger partial charge in [0.2, 0.25) is 5.95 Å². The maximum atomic E-state index is 13.4. The van der Waals surface area contributed by atoms with Crippen LogP contribution in [0.5, 0.6) is 0 Å². The Labute approximate surface area is 200 Å². The number of rotatable bonds is 5. The zero-order chi connectivity index (χ0) is 25.3. The lowest BCUT2D eigenvalue weighted by atomic mass is 9.95. The summed E-state index contributed by atoms with van der Waals surface area (Å²) >= 11 is -2.59. The fraction of sp³-hybridized carbons (Fsp3) is 0.182. The van der Waals surface area contributed by atoms with Gasteiger partial charge in [-0.2, -0.15) is 33.8 Å². The van der Waals surface area contributed by atoms with Gasteiger partial charge in [0.25, 0.3) is 0 Å². The van der Waals surface area contributed by atoms with Crippen LogP contribution in [0.2, 0.25) is 0 Å². The number of aromatic nitrogens is 3. The van der Waals surface area contributed by atoms with Crippen LogP contribution in [-0.2, 0) is 24.0 Å². The number of alkyl halides is 3. The van der Waals surface area contributed by atoms with E-state index in [-0.39, 0.29) is 29.6 Å². The number of fused-ring (bicyclic) bond motifs is 1. The number of benzene rings is 2. The second-order valence-electron chi connectivity index (χ2n) is 7.46. The summed E-state index contributed by atoms with van der Waals surface area (Å²) in [5, 5.41) is 23.5. The van der Waals surface area contributed by atoms with Crippen molar-refractivity contribution >= 4 is 22.9 Å². The van der Waals surface area contributed by atoms with Crippen molar-refractivity contribution < 1.29 is 21.9 Å². The van der Waals surface area contributed by atoms with Crippen LogP contribution < -0.4 is 9.62 Å². The zero-order valence-electron chi connectivity index (χ0n) is 17.9. The van der Waals surface area contributed by atoms with Crippen LogP contribution in [0.25, 0.3) is 0 Å². The molecule has 4 rings (SSSR count). The number of allylic oxidation sites excluding steroid dienone is 2. The predicted molar refractivity (Wildman–Crippen MR) is 117 cm³/mol. The van der Waals surface area contributed by atoms with Crippen LogP contribution in [0.1, 0.15) is 35.5 Å². The minimum Gasteiger partial charge on any atom is -0.760 e. The SMILES string of the molecule is CC1=C(C#N)[C@@H](c2ccc(C#N)cc2)n2nc(CNS(=O)[O-])nc2N1c1cccc(C(F)(F)F)c1. The largest absolute Gasteiger partial charge is 0.760 e. The third-order valence-corrected chi connectivity index (χ3v) is 5.74. The molecule has 2 aromatic carbocycles. The minimum absolute atomic E-state index is 0.0480. The third kappa shape index (κ3) is 4.65. The van der Waals surface area contributed by atoms with Crippen molar-refractivity contribution in [3.8, 4) is 12.1 Å². The average molecular weight is 498 g/mol. The summed E-state index contributed by atoms with van der Waals surface area (Å²) in [6.07, 6.45) is -4.59. The molecule has 0 aliphatic carbocycles. The molecule has 0 spiro atoms. The van der Waals surface area contributed by atoms with Gasteiger partial charge in [-0.1, -0.05) is 18.2 Å². The van der Waals surface area contributed by atoms with E-state index in [0.29, 0.717) is 16.8 Å². The van der Waals surface area contributed by atoms with E-state index < -0.39 is 29.0 Å². The highest BCUT2D eigenvalue weighted by atomic mass is 32.2. The molecule has 3 aromatic rings. The number of nitrogens with one attached hydrogen (secondary N) is 1. The first-order chi connectivity index (χ1) is 16.6. The molecule has 13 heteroatoms. The summed E-state index contributed by atoms with van der Waals surface area (Å²) < 4.78 is 65.6. The first-order valence-electron chi connectivity index (χ1n) is 10.0. The van der Waals surface area contributed by atoms with Gasteiger partial charge in [0.1, 0.15) is 6.04 Å². The van der Waals surface area contributed by atoms with Crippen LogP contribution in [0.3, 0.4) is 0 Å². The van der Waals surface area contributed by atoms with Gasteiger partial charge in [-0.25, -0.2) is 9.40 Å². The molecule has 1 unspecified atom stereocenters. The van der Waals surface area contributed by atoms with Crippen LogP contribution in [0, 0.1) is 22.7 Å². The van der Waals surface area contributed by atoms with Crippen molar-refractivity contribution in [2.24, 2.45) is 0 Å². The molecule has 0 bridgehead atoms. The quantitative estimate of drug-likeness (QED) is 0.531. The van der Waals surface area contributed by atoms with Gasteiger partial charge < -0.3 is 4.55 Å². The smallest absolute Gasteiger partial charge is 0.416 e. The number of nitrogens with zero attached hydrogens (tertiary/aromatic N) is 6. The number of anilines is 2. The van der Waals surface area contributed by atoms with Gasteiger partial charge in [-0.05, 0) is 42.8 Å². The Morgan fingerprint density at radius 3 is 2.49 bits per heavy atom. The lowest BCUT2D eigenvalue weighted by Gasteiger charge is -2.34. The Morgan fingerprint density at radius 1 is 1.17 bits per heavy atom. The first kappa shape index (κ1) is 24.1. The molecule has 0 saturated heterocycles. The number of halogens is 3. The molecule has 0 amide bonds. The summed E-state index contributed by atoms with van der Waals surface area (Å²) in [5.41, 5.74) is 0.719. The van der Waals surface area contributed by atoms with Gasteiger partial charge in [-0.3, -0.25) is 9.11 Å². The van der Waals surface area contributed by atoms with Crippen LogP contribution >= 0.6 is 0 Å². The fourth-order valence-corrected chi connectivity index (χ4v) is 4.04. The van der Waals surface area contributed by atoms with Crippen molar-refractivity contribution in [1.29, 1.82) is 10.5 Å². The van der Waals surface area contributed by atoms with Crippen LogP contribution in [0.15, 0.2) is 59.8 Å². The number of hydrogen-bond acceptors (Lipinski definition) is 7. The number of nitriles is 2. The summed E-state index contributed by atoms with van der Waals surface area (Å²) in [4.78, 5) is 5.74. The van der Waals surface area contributed by atoms with Crippen molar-refractivity contribution in [1.82, 2.24) is 19.5 Å².